The maximum absolute atomic E-state index is 12.3. The van der Waals surface area contributed by atoms with Crippen LogP contribution in [0.2, 0.25) is 13.1 Å². The summed E-state index contributed by atoms with van der Waals surface area (Å²) in [5, 5.41) is 14.2. The van der Waals surface area contributed by atoms with Crippen molar-refractivity contribution in [2.24, 2.45) is 35.5 Å². The molecule has 1 aliphatic heterocycles. The average Bonchev–Trinajstić information content (AvgIpc) is 3.58. The zero-order chi connectivity index (χ0) is 39.9. The second kappa shape index (κ2) is 17.5. The van der Waals surface area contributed by atoms with E-state index in [4.69, 9.17) is 9.97 Å². The van der Waals surface area contributed by atoms with Crippen LogP contribution >= 0.6 is 11.3 Å². The molecule has 0 bridgehead atoms. The average molecular weight is 950 g/mol. The van der Waals surface area contributed by atoms with Gasteiger partial charge in [-0.25, -0.2) is 4.98 Å². The van der Waals surface area contributed by atoms with Crippen LogP contribution < -0.4 is 5.19 Å². The molecule has 0 fully saturated rings. The van der Waals surface area contributed by atoms with Crippen molar-refractivity contribution in [2.75, 3.05) is 0 Å². The van der Waals surface area contributed by atoms with Crippen molar-refractivity contribution in [3.8, 4) is 21.7 Å². The maximum atomic E-state index is 12.3. The van der Waals surface area contributed by atoms with E-state index in [-0.39, 0.29) is 48.9 Å². The van der Waals surface area contributed by atoms with Crippen LogP contribution in [0.15, 0.2) is 72.4 Å². The summed E-state index contributed by atoms with van der Waals surface area (Å²) in [6.45, 7) is 30.4. The molecule has 4 nitrogen and oxygen atoms in total. The number of aliphatic hydroxyl groups excluding tert-OH is 1. The molecule has 0 unspecified atom stereocenters. The number of allylic oxidation sites excluding steroid dienone is 2. The van der Waals surface area contributed by atoms with Gasteiger partial charge in [0, 0.05) is 53.3 Å². The van der Waals surface area contributed by atoms with E-state index >= 15 is 0 Å². The van der Waals surface area contributed by atoms with E-state index in [0.29, 0.717) is 23.7 Å². The Hall–Kier alpha value is -3.22. The Morgan fingerprint density at radius 1 is 0.873 bits per heavy atom. The van der Waals surface area contributed by atoms with E-state index in [1.165, 1.54) is 43.8 Å². The minimum absolute atomic E-state index is 0. The monoisotopic (exact) mass is 950 g/mol. The fourth-order valence-electron chi connectivity index (χ4n) is 8.50. The summed E-state index contributed by atoms with van der Waals surface area (Å²) >= 11 is 1.80. The molecular formula is C48H61IrN2O2SSi-. The summed E-state index contributed by atoms with van der Waals surface area (Å²) in [7, 11) is -1.43. The quantitative estimate of drug-likeness (QED) is 0.0692. The molecule has 0 saturated carbocycles. The fourth-order valence-corrected chi connectivity index (χ4v) is 12.0. The molecule has 0 aliphatic carbocycles. The molecule has 7 heteroatoms. The summed E-state index contributed by atoms with van der Waals surface area (Å²) in [4.78, 5) is 23.1. The van der Waals surface area contributed by atoms with Gasteiger partial charge in [0.05, 0.1) is 11.3 Å². The van der Waals surface area contributed by atoms with Crippen LogP contribution in [0.5, 0.6) is 0 Å². The molecular weight excluding hydrogens is 889 g/mol. The number of ketones is 1. The summed E-state index contributed by atoms with van der Waals surface area (Å²) in [5.74, 6) is 1.63. The molecule has 0 spiro atoms. The predicted molar refractivity (Wildman–Crippen MR) is 236 cm³/mol. The fraction of sp³-hybridized carbons (Fsp3) is 0.438. The van der Waals surface area contributed by atoms with Gasteiger partial charge in [-0.05, 0) is 64.0 Å². The molecule has 55 heavy (non-hydrogen) atoms. The van der Waals surface area contributed by atoms with Gasteiger partial charge in [-0.1, -0.05) is 142 Å². The van der Waals surface area contributed by atoms with Gasteiger partial charge in [0.25, 0.3) is 0 Å². The topological polar surface area (TPSA) is 63.1 Å². The molecule has 3 aromatic carbocycles. The Kier molecular flexibility index (Phi) is 14.2. The molecule has 0 saturated heterocycles. The summed E-state index contributed by atoms with van der Waals surface area (Å²) in [6.07, 6.45) is 5.51. The summed E-state index contributed by atoms with van der Waals surface area (Å²) < 4.78 is 1.14. The Morgan fingerprint density at radius 3 is 2.09 bits per heavy atom. The largest absolute Gasteiger partial charge is 0.512 e. The van der Waals surface area contributed by atoms with Gasteiger partial charge in [0.1, 0.15) is 14.4 Å². The van der Waals surface area contributed by atoms with E-state index in [9.17, 15) is 9.90 Å². The van der Waals surface area contributed by atoms with Gasteiger partial charge in [0.2, 0.25) is 0 Å². The second-order valence-corrected chi connectivity index (χ2v) is 23.5. The first-order chi connectivity index (χ1) is 25.2. The number of carbonyl (C=O) groups excluding carboxylic acids is 1. The number of hydrogen-bond acceptors (Lipinski definition) is 5. The van der Waals surface area contributed by atoms with Crippen molar-refractivity contribution in [1.82, 2.24) is 9.97 Å². The van der Waals surface area contributed by atoms with Crippen LogP contribution in [0.4, 0.5) is 0 Å². The number of hydrogen-bond donors (Lipinski definition) is 1. The molecule has 0 amide bonds. The SMILES string of the molecule is CC(C)C(C(=O)/C=C(\O)C(C(C)C)C(C)C)C(C)C.Cc1c(-c2ccc3c(c2)C=C[Si]3(C)C)sc2c(-c3[c-]c4ccccc4c(C(C)(C)C)c3)ncnc12.[Ir]. The van der Waals surface area contributed by atoms with Crippen LogP contribution in [0, 0.1) is 48.5 Å². The minimum atomic E-state index is -1.43. The Labute approximate surface area is 349 Å². The third-order valence-corrected chi connectivity index (χ3v) is 15.2. The van der Waals surface area contributed by atoms with Gasteiger partial charge in [0.15, 0.2) is 5.78 Å². The van der Waals surface area contributed by atoms with Crippen LogP contribution in [0.3, 0.4) is 0 Å². The number of thiophene rings is 1. The maximum Gasteiger partial charge on any atom is 0.162 e. The zero-order valence-corrected chi connectivity index (χ0v) is 39.6. The number of aliphatic hydroxyl groups is 1. The van der Waals surface area contributed by atoms with Crippen molar-refractivity contribution in [3.63, 3.8) is 0 Å². The van der Waals surface area contributed by atoms with E-state index in [2.05, 4.69) is 163 Å². The van der Waals surface area contributed by atoms with Crippen LogP contribution in [-0.2, 0) is 30.3 Å². The number of benzene rings is 3. The normalized spacial score (nSPS) is 14.1. The Balaban J connectivity index is 0.000000290. The van der Waals surface area contributed by atoms with Gasteiger partial charge < -0.3 is 5.11 Å². The molecule has 1 N–H and O–H groups in total. The van der Waals surface area contributed by atoms with Crippen LogP contribution in [0.1, 0.15) is 92.9 Å². The first-order valence-electron chi connectivity index (χ1n) is 19.7. The molecule has 295 valence electrons. The van der Waals surface area contributed by atoms with Gasteiger partial charge in [-0.15, -0.1) is 40.5 Å². The number of fused-ring (bicyclic) bond motifs is 3. The third kappa shape index (κ3) is 9.50. The summed E-state index contributed by atoms with van der Waals surface area (Å²) in [5.41, 5.74) is 10.7. The first-order valence-corrected chi connectivity index (χ1v) is 23.6. The standard InChI is InChI=1S/C31H29N2SSi.C17H32O2.Ir/c1-19-27-30(34-29(19)22-11-12-26-21(16-22)13-14-35(26,5)6)28(33-18-32-27)23-15-20-9-7-8-10-24(20)25(17-23)31(2,3)4;1-10(2)16(11(3)4)14(18)9-15(19)17(12(5)6)13(7)8;/h7-14,16-18H,1-6H3;9-13,16-18H,1-8H3;/q-1;;/b;14-9-;. The molecule has 3 heterocycles. The minimum Gasteiger partial charge on any atom is -0.512 e. The molecule has 2 aromatic heterocycles. The van der Waals surface area contributed by atoms with E-state index < -0.39 is 8.07 Å². The first kappa shape index (κ1) is 44.5. The zero-order valence-electron chi connectivity index (χ0n) is 35.4. The van der Waals surface area contributed by atoms with Crippen LogP contribution in [0.25, 0.3) is 48.8 Å². The van der Waals surface area contributed by atoms with Crippen molar-refractivity contribution in [1.29, 1.82) is 0 Å². The van der Waals surface area contributed by atoms with Crippen molar-refractivity contribution in [3.05, 3.63) is 95.1 Å². The van der Waals surface area contributed by atoms with Gasteiger partial charge in [-0.2, -0.15) is 0 Å². The van der Waals surface area contributed by atoms with Crippen molar-refractivity contribution in [2.45, 2.75) is 102 Å². The van der Waals surface area contributed by atoms with E-state index in [0.717, 1.165) is 26.9 Å². The summed E-state index contributed by atoms with van der Waals surface area (Å²) in [6, 6.07) is 21.5. The second-order valence-electron chi connectivity index (χ2n) is 18.2. The predicted octanol–water partition coefficient (Wildman–Crippen LogP) is 12.9. The smallest absolute Gasteiger partial charge is 0.162 e. The van der Waals surface area contributed by atoms with E-state index in [1.54, 1.807) is 17.7 Å². The molecule has 1 aliphatic rings. The Morgan fingerprint density at radius 2 is 1.49 bits per heavy atom. The Bertz CT molecular complexity index is 2200. The third-order valence-electron chi connectivity index (χ3n) is 11.1. The van der Waals surface area contributed by atoms with Gasteiger partial charge >= 0.3 is 0 Å². The number of rotatable bonds is 9. The molecule has 5 aromatic rings. The molecule has 0 atom stereocenters. The number of aryl methyl sites for hydroxylation is 1. The van der Waals surface area contributed by atoms with Crippen molar-refractivity contribution >= 4 is 57.4 Å². The van der Waals surface area contributed by atoms with Gasteiger partial charge in [-0.3, -0.25) is 9.78 Å². The van der Waals surface area contributed by atoms with E-state index in [1.807, 2.05) is 0 Å². The number of carbonyl (C=O) groups is 1. The number of nitrogens with zero attached hydrogens (tertiary/aromatic N) is 2. The van der Waals surface area contributed by atoms with Crippen molar-refractivity contribution < 1.29 is 30.0 Å². The molecule has 1 radical (unpaired) electrons. The van der Waals surface area contributed by atoms with Crippen LogP contribution in [-0.4, -0.2) is 28.9 Å². The molecule has 6 rings (SSSR count). The number of aromatic nitrogens is 2.